The number of phenols is 1. The predicted molar refractivity (Wildman–Crippen MR) is 138 cm³/mol. The number of esters is 1. The van der Waals surface area contributed by atoms with E-state index >= 15 is 0 Å². The van der Waals surface area contributed by atoms with Crippen LogP contribution in [0.2, 0.25) is 0 Å². The summed E-state index contributed by atoms with van der Waals surface area (Å²) in [7, 11) is 1.41. The van der Waals surface area contributed by atoms with E-state index < -0.39 is 0 Å². The highest BCUT2D eigenvalue weighted by Crippen LogP contribution is 2.45. The first kappa shape index (κ1) is 23.6. The molecule has 3 heterocycles. The first-order valence-electron chi connectivity index (χ1n) is 12.6. The molecule has 3 aliphatic heterocycles. The van der Waals surface area contributed by atoms with Gasteiger partial charge in [-0.15, -0.1) is 0 Å². The van der Waals surface area contributed by atoms with Gasteiger partial charge < -0.3 is 27.0 Å². The van der Waals surface area contributed by atoms with E-state index in [1.807, 2.05) is 48.5 Å². The molecule has 0 atom stereocenters. The number of rotatable bonds is 2. The van der Waals surface area contributed by atoms with Crippen LogP contribution in [0.4, 0.5) is 0 Å². The third kappa shape index (κ3) is 3.45. The lowest BCUT2D eigenvalue weighted by Gasteiger charge is -2.27. The monoisotopic (exact) mass is 511 g/mol. The molecule has 0 aromatic heterocycles. The van der Waals surface area contributed by atoms with Gasteiger partial charge in [0.2, 0.25) is 5.36 Å². The number of methoxy groups -OCH3 is 1. The van der Waals surface area contributed by atoms with Crippen LogP contribution in [0.1, 0.15) is 45.5 Å². The van der Waals surface area contributed by atoms with Crippen LogP contribution in [0.25, 0.3) is 16.3 Å². The van der Waals surface area contributed by atoms with Crippen molar-refractivity contribution in [2.45, 2.75) is 25.7 Å². The molecule has 0 unspecified atom stereocenters. The Morgan fingerprint density at radius 3 is 2.59 bits per heavy atom. The molecule has 0 aliphatic carbocycles. The molecule has 7 rings (SSSR count). The fourth-order valence-electron chi connectivity index (χ4n) is 6.29. The number of aromatic hydroxyl groups is 1. The van der Waals surface area contributed by atoms with Crippen molar-refractivity contribution in [1.29, 1.82) is 0 Å². The molecule has 1 N–H and O–H groups in total. The lowest BCUT2D eigenvalue weighted by atomic mass is 9.85. The van der Waals surface area contributed by atoms with E-state index in [1.54, 1.807) is 6.07 Å². The molecule has 0 saturated heterocycles. The summed E-state index contributed by atoms with van der Waals surface area (Å²) in [5.41, 5.74) is 5.71. The van der Waals surface area contributed by atoms with Gasteiger partial charge in [-0.1, -0.05) is 36.4 Å². The third-order valence-corrected chi connectivity index (χ3v) is 7.79. The normalized spacial score (nSPS) is 15.2. The quantitative estimate of drug-likeness (QED) is 0.285. The largest absolute Gasteiger partial charge is 1.00 e. The molecule has 0 fully saturated rings. The van der Waals surface area contributed by atoms with Gasteiger partial charge in [0, 0.05) is 34.8 Å². The molecule has 4 aromatic carbocycles. The van der Waals surface area contributed by atoms with Crippen LogP contribution in [-0.4, -0.2) is 31.3 Å². The SMILES string of the molecule is COC(=O)c1ccccc1C1=c2cc3c4c(c2Oc2c1ccc1cccc(O)c21)CCC[N+]=4CCC3.[Cl-]. The zero-order chi connectivity index (χ0) is 24.4. The van der Waals surface area contributed by atoms with Gasteiger partial charge in [-0.3, -0.25) is 0 Å². The maximum absolute atomic E-state index is 12.9. The Hall–Kier alpha value is -3.83. The number of hydrogen-bond acceptors (Lipinski definition) is 4. The Kier molecular flexibility index (Phi) is 5.68. The van der Waals surface area contributed by atoms with Crippen molar-refractivity contribution in [1.82, 2.24) is 4.58 Å². The molecule has 0 spiro atoms. The van der Waals surface area contributed by atoms with Crippen molar-refractivity contribution in [2.24, 2.45) is 0 Å². The Balaban J connectivity index is 0.00000252. The van der Waals surface area contributed by atoms with Crippen LogP contribution >= 0.6 is 0 Å². The summed E-state index contributed by atoms with van der Waals surface area (Å²) in [5, 5.41) is 14.8. The van der Waals surface area contributed by atoms with Gasteiger partial charge in [-0.25, -0.2) is 9.37 Å². The van der Waals surface area contributed by atoms with Crippen molar-refractivity contribution in [3.63, 3.8) is 0 Å². The highest BCUT2D eigenvalue weighted by Gasteiger charge is 2.33. The average molecular weight is 512 g/mol. The van der Waals surface area contributed by atoms with Crippen molar-refractivity contribution >= 4 is 22.3 Å². The molecule has 6 heteroatoms. The first-order valence-corrected chi connectivity index (χ1v) is 12.6. The second kappa shape index (κ2) is 8.93. The summed E-state index contributed by atoms with van der Waals surface area (Å²) >= 11 is 0. The van der Waals surface area contributed by atoms with Gasteiger partial charge in [-0.05, 0) is 48.1 Å². The molecule has 0 bridgehead atoms. The third-order valence-electron chi connectivity index (χ3n) is 7.79. The number of carbonyl (C=O) groups excluding carboxylic acids is 1. The maximum Gasteiger partial charge on any atom is 0.338 e. The summed E-state index contributed by atoms with van der Waals surface area (Å²) in [5.74, 6) is 1.29. The number of fused-ring (bicyclic) bond motifs is 5. The number of ether oxygens (including phenoxy) is 2. The van der Waals surface area contributed by atoms with E-state index in [1.165, 1.54) is 23.6 Å². The zero-order valence-electron chi connectivity index (χ0n) is 20.5. The molecule has 0 saturated carbocycles. The number of hydrogen-bond donors (Lipinski definition) is 1. The van der Waals surface area contributed by atoms with Crippen LogP contribution < -0.4 is 32.3 Å². The molecule has 37 heavy (non-hydrogen) atoms. The standard InChI is InChI=1S/C31H25NO4.ClH/c1-35-31(34)21-10-3-2-9-20(21)27-22-14-13-18-7-4-12-25(33)26(18)30(22)36-29-23-11-6-16-32-15-5-8-19(28(23)32)17-24(27)29;/h2-4,7,9-10,12-14,17H,5-6,8,11,15-16H2,1H3;1H. The van der Waals surface area contributed by atoms with Gasteiger partial charge in [-0.2, -0.15) is 0 Å². The van der Waals surface area contributed by atoms with E-state index in [2.05, 4.69) is 10.6 Å². The number of carbonyl (C=O) groups is 1. The summed E-state index contributed by atoms with van der Waals surface area (Å²) in [6, 6.07) is 19.4. The van der Waals surface area contributed by atoms with E-state index in [0.29, 0.717) is 16.7 Å². The Labute approximate surface area is 220 Å². The van der Waals surface area contributed by atoms with E-state index in [9.17, 15) is 9.90 Å². The van der Waals surface area contributed by atoms with Crippen molar-refractivity contribution in [3.8, 4) is 17.2 Å². The van der Waals surface area contributed by atoms with Crippen LogP contribution in [0.5, 0.6) is 17.2 Å². The van der Waals surface area contributed by atoms with E-state index in [0.717, 1.165) is 71.8 Å². The Bertz CT molecular complexity index is 1740. The zero-order valence-corrected chi connectivity index (χ0v) is 21.3. The van der Waals surface area contributed by atoms with Gasteiger partial charge in [0.1, 0.15) is 30.3 Å². The molecule has 0 radical (unpaired) electrons. The van der Waals surface area contributed by atoms with Gasteiger partial charge in [0.15, 0.2) is 0 Å². The lowest BCUT2D eigenvalue weighted by molar-refractivity contribution is -0.0000230. The molecule has 3 aliphatic rings. The summed E-state index contributed by atoms with van der Waals surface area (Å²) < 4.78 is 14.5. The first-order chi connectivity index (χ1) is 17.7. The summed E-state index contributed by atoms with van der Waals surface area (Å²) in [6.07, 6.45) is 4.19. The second-order valence-electron chi connectivity index (χ2n) is 9.77. The summed E-state index contributed by atoms with van der Waals surface area (Å²) in [4.78, 5) is 12.9. The minimum Gasteiger partial charge on any atom is -1.00 e. The number of benzene rings is 4. The van der Waals surface area contributed by atoms with Gasteiger partial charge in [0.25, 0.3) is 0 Å². The van der Waals surface area contributed by atoms with Crippen LogP contribution in [0.3, 0.4) is 0 Å². The minimum absolute atomic E-state index is 0. The van der Waals surface area contributed by atoms with E-state index in [-0.39, 0.29) is 24.1 Å². The Morgan fingerprint density at radius 1 is 0.946 bits per heavy atom. The Morgan fingerprint density at radius 2 is 1.76 bits per heavy atom. The molecular weight excluding hydrogens is 486 g/mol. The average Bonchev–Trinajstić information content (AvgIpc) is 2.92. The number of nitrogens with zero attached hydrogens (tertiary/aromatic N) is 1. The molecule has 5 nitrogen and oxygen atoms in total. The van der Waals surface area contributed by atoms with Crippen molar-refractivity contribution in [3.05, 3.63) is 99.1 Å². The van der Waals surface area contributed by atoms with E-state index in [4.69, 9.17) is 9.47 Å². The minimum atomic E-state index is -0.373. The fraction of sp³-hybridized carbons (Fsp3) is 0.226. The lowest BCUT2D eigenvalue weighted by Crippen LogP contribution is -3.00. The molecule has 0 amide bonds. The van der Waals surface area contributed by atoms with Crippen molar-refractivity contribution < 1.29 is 31.8 Å². The van der Waals surface area contributed by atoms with Crippen LogP contribution in [0, 0.1) is 0 Å². The smallest absolute Gasteiger partial charge is 0.338 e. The maximum atomic E-state index is 12.9. The predicted octanol–water partition coefficient (Wildman–Crippen LogP) is 1.07. The number of phenolic OH excluding ortho intramolecular Hbond substituents is 1. The highest BCUT2D eigenvalue weighted by atomic mass is 35.5. The topological polar surface area (TPSA) is 58.8 Å². The molecular formula is C31H26ClNO4. The number of aryl methyl sites for hydroxylation is 1. The van der Waals surface area contributed by atoms with Gasteiger partial charge >= 0.3 is 5.97 Å². The van der Waals surface area contributed by atoms with Crippen LogP contribution in [-0.2, 0) is 17.6 Å². The van der Waals surface area contributed by atoms with Crippen LogP contribution in [0.15, 0.2) is 60.7 Å². The molecule has 4 aromatic rings. The fourth-order valence-corrected chi connectivity index (χ4v) is 6.29. The highest BCUT2D eigenvalue weighted by molar-refractivity contribution is 6.04. The van der Waals surface area contributed by atoms with Gasteiger partial charge in [0.05, 0.1) is 23.6 Å². The number of halogens is 1. The summed E-state index contributed by atoms with van der Waals surface area (Å²) in [6.45, 7) is 2.14. The second-order valence-corrected chi connectivity index (χ2v) is 9.77. The molecule has 186 valence electrons. The van der Waals surface area contributed by atoms with Crippen molar-refractivity contribution in [2.75, 3.05) is 20.2 Å².